The van der Waals surface area contributed by atoms with E-state index in [2.05, 4.69) is 5.32 Å². The highest BCUT2D eigenvalue weighted by Crippen LogP contribution is 2.18. The number of rotatable bonds is 4. The van der Waals surface area contributed by atoms with E-state index in [0.717, 1.165) is 11.3 Å². The number of methoxy groups -OCH3 is 1. The number of benzene rings is 2. The summed E-state index contributed by atoms with van der Waals surface area (Å²) in [6, 6.07) is 15.8. The fourth-order valence-corrected chi connectivity index (χ4v) is 2.47. The molecule has 0 aliphatic heterocycles. The monoisotopic (exact) mass is 323 g/mol. The maximum atomic E-state index is 12.4. The summed E-state index contributed by atoms with van der Waals surface area (Å²) >= 11 is 0. The number of fused-ring (bicyclic) bond motifs is 1. The third kappa shape index (κ3) is 3.15. The standard InChI is InChI=1S/C19H17NO4/c1-12(13-7-9-15(23-2)10-8-13)20-18(21)16-11-14-5-3-4-6-17(14)24-19(16)22/h3-12H,1-2H3,(H,20,21)/t12-/m1/s1. The highest BCUT2D eigenvalue weighted by molar-refractivity contribution is 5.96. The summed E-state index contributed by atoms with van der Waals surface area (Å²) in [5.41, 5.74) is 0.721. The van der Waals surface area contributed by atoms with E-state index in [-0.39, 0.29) is 11.6 Å². The number of ether oxygens (including phenoxy) is 1. The summed E-state index contributed by atoms with van der Waals surface area (Å²) in [6.45, 7) is 1.85. The van der Waals surface area contributed by atoms with Gasteiger partial charge in [-0.3, -0.25) is 4.79 Å². The molecule has 1 aromatic heterocycles. The van der Waals surface area contributed by atoms with Crippen molar-refractivity contribution in [3.05, 3.63) is 76.1 Å². The highest BCUT2D eigenvalue weighted by atomic mass is 16.5. The lowest BCUT2D eigenvalue weighted by molar-refractivity contribution is 0.0936. The molecule has 24 heavy (non-hydrogen) atoms. The SMILES string of the molecule is COc1ccc([C@@H](C)NC(=O)c2cc3ccccc3oc2=O)cc1. The Morgan fingerprint density at radius 2 is 1.83 bits per heavy atom. The van der Waals surface area contributed by atoms with Crippen LogP contribution in [0.15, 0.2) is 63.8 Å². The van der Waals surface area contributed by atoms with Gasteiger partial charge in [0.05, 0.1) is 13.2 Å². The van der Waals surface area contributed by atoms with Gasteiger partial charge < -0.3 is 14.5 Å². The molecule has 122 valence electrons. The number of hydrogen-bond donors (Lipinski definition) is 1. The van der Waals surface area contributed by atoms with Gasteiger partial charge in [0, 0.05) is 5.39 Å². The van der Waals surface area contributed by atoms with Crippen LogP contribution in [-0.4, -0.2) is 13.0 Å². The molecular weight excluding hydrogens is 306 g/mol. The largest absolute Gasteiger partial charge is 0.497 e. The van der Waals surface area contributed by atoms with Gasteiger partial charge in [-0.25, -0.2) is 4.79 Å². The van der Waals surface area contributed by atoms with Crippen molar-refractivity contribution in [2.24, 2.45) is 0 Å². The van der Waals surface area contributed by atoms with Crippen molar-refractivity contribution in [1.82, 2.24) is 5.32 Å². The van der Waals surface area contributed by atoms with Crippen molar-refractivity contribution in [3.8, 4) is 5.75 Å². The molecule has 0 unspecified atom stereocenters. The molecule has 1 amide bonds. The van der Waals surface area contributed by atoms with Crippen LogP contribution in [0.25, 0.3) is 11.0 Å². The van der Waals surface area contributed by atoms with E-state index in [9.17, 15) is 9.59 Å². The number of para-hydroxylation sites is 1. The minimum atomic E-state index is -0.645. The van der Waals surface area contributed by atoms with E-state index in [0.29, 0.717) is 11.0 Å². The lowest BCUT2D eigenvalue weighted by Gasteiger charge is -2.14. The molecule has 3 rings (SSSR count). The first kappa shape index (κ1) is 15.8. The van der Waals surface area contributed by atoms with E-state index < -0.39 is 11.5 Å². The zero-order valence-corrected chi connectivity index (χ0v) is 13.4. The molecule has 1 N–H and O–H groups in total. The van der Waals surface area contributed by atoms with Crippen molar-refractivity contribution in [1.29, 1.82) is 0 Å². The molecule has 0 aliphatic rings. The molecular formula is C19H17NO4. The lowest BCUT2D eigenvalue weighted by atomic mass is 10.1. The smallest absolute Gasteiger partial charge is 0.349 e. The van der Waals surface area contributed by atoms with E-state index in [1.807, 2.05) is 37.3 Å². The van der Waals surface area contributed by atoms with E-state index in [1.165, 1.54) is 0 Å². The number of nitrogens with one attached hydrogen (secondary N) is 1. The summed E-state index contributed by atoms with van der Waals surface area (Å²) in [5.74, 6) is 0.283. The Hall–Kier alpha value is -3.08. The quantitative estimate of drug-likeness (QED) is 0.748. The van der Waals surface area contributed by atoms with Crippen LogP contribution in [0.1, 0.15) is 28.9 Å². The fourth-order valence-electron chi connectivity index (χ4n) is 2.47. The number of carbonyl (C=O) groups is 1. The second-order valence-corrected chi connectivity index (χ2v) is 5.45. The van der Waals surface area contributed by atoms with Crippen LogP contribution in [0.4, 0.5) is 0 Å². The molecule has 1 atom stereocenters. The topological polar surface area (TPSA) is 68.5 Å². The first-order valence-corrected chi connectivity index (χ1v) is 7.56. The molecule has 3 aromatic rings. The molecule has 0 bridgehead atoms. The first-order valence-electron chi connectivity index (χ1n) is 7.56. The number of carbonyl (C=O) groups excluding carboxylic acids is 1. The molecule has 0 spiro atoms. The number of amides is 1. The van der Waals surface area contributed by atoms with Crippen LogP contribution in [0.5, 0.6) is 5.75 Å². The summed E-state index contributed by atoms with van der Waals surface area (Å²) in [6.07, 6.45) is 0. The highest BCUT2D eigenvalue weighted by Gasteiger charge is 2.16. The number of hydrogen-bond acceptors (Lipinski definition) is 4. The Morgan fingerprint density at radius 3 is 2.54 bits per heavy atom. The molecule has 2 aromatic carbocycles. The zero-order chi connectivity index (χ0) is 17.1. The van der Waals surface area contributed by atoms with Crippen molar-refractivity contribution in [2.45, 2.75) is 13.0 Å². The average molecular weight is 323 g/mol. The molecule has 0 radical (unpaired) electrons. The Morgan fingerprint density at radius 1 is 1.12 bits per heavy atom. The van der Waals surface area contributed by atoms with Gasteiger partial charge in [0.25, 0.3) is 5.91 Å². The summed E-state index contributed by atoms with van der Waals surface area (Å²) in [7, 11) is 1.60. The van der Waals surface area contributed by atoms with Crippen LogP contribution >= 0.6 is 0 Å². The lowest BCUT2D eigenvalue weighted by Crippen LogP contribution is -2.30. The van der Waals surface area contributed by atoms with Gasteiger partial charge in [0.1, 0.15) is 16.9 Å². The van der Waals surface area contributed by atoms with Crippen LogP contribution in [0.3, 0.4) is 0 Å². The van der Waals surface area contributed by atoms with Crippen molar-refractivity contribution in [2.75, 3.05) is 7.11 Å². The molecule has 0 saturated carbocycles. The van der Waals surface area contributed by atoms with Gasteiger partial charge in [-0.15, -0.1) is 0 Å². The molecule has 1 heterocycles. The van der Waals surface area contributed by atoms with Crippen LogP contribution in [-0.2, 0) is 0 Å². The first-order chi connectivity index (χ1) is 11.6. The Bertz CT molecular complexity index is 928. The molecule has 0 saturated heterocycles. The second kappa shape index (κ2) is 6.58. The van der Waals surface area contributed by atoms with Crippen molar-refractivity contribution >= 4 is 16.9 Å². The maximum Gasteiger partial charge on any atom is 0.349 e. The van der Waals surface area contributed by atoms with Crippen molar-refractivity contribution in [3.63, 3.8) is 0 Å². The average Bonchev–Trinajstić information content (AvgIpc) is 2.61. The molecule has 0 aliphatic carbocycles. The third-order valence-corrected chi connectivity index (χ3v) is 3.85. The summed E-state index contributed by atoms with van der Waals surface area (Å²) < 4.78 is 10.3. The van der Waals surface area contributed by atoms with Gasteiger partial charge in [-0.2, -0.15) is 0 Å². The van der Waals surface area contributed by atoms with Crippen LogP contribution in [0.2, 0.25) is 0 Å². The fraction of sp³-hybridized carbons (Fsp3) is 0.158. The normalized spacial score (nSPS) is 11.9. The summed E-state index contributed by atoms with van der Waals surface area (Å²) in [4.78, 5) is 24.5. The molecule has 5 heteroatoms. The van der Waals surface area contributed by atoms with Gasteiger partial charge >= 0.3 is 5.63 Å². The Kier molecular flexibility index (Phi) is 4.33. The van der Waals surface area contributed by atoms with E-state index >= 15 is 0 Å². The van der Waals surface area contributed by atoms with Gasteiger partial charge in [0.2, 0.25) is 0 Å². The van der Waals surface area contributed by atoms with E-state index in [1.54, 1.807) is 31.4 Å². The minimum Gasteiger partial charge on any atom is -0.497 e. The van der Waals surface area contributed by atoms with Crippen LogP contribution in [0, 0.1) is 0 Å². The predicted molar refractivity (Wildman–Crippen MR) is 91.4 cm³/mol. The van der Waals surface area contributed by atoms with Crippen molar-refractivity contribution < 1.29 is 13.9 Å². The Balaban J connectivity index is 1.83. The summed E-state index contributed by atoms with van der Waals surface area (Å²) in [5, 5.41) is 3.52. The second-order valence-electron chi connectivity index (χ2n) is 5.45. The predicted octanol–water partition coefficient (Wildman–Crippen LogP) is 3.29. The Labute approximate surface area is 138 Å². The van der Waals surface area contributed by atoms with Gasteiger partial charge in [-0.1, -0.05) is 30.3 Å². The van der Waals surface area contributed by atoms with Crippen LogP contribution < -0.4 is 15.7 Å². The maximum absolute atomic E-state index is 12.4. The third-order valence-electron chi connectivity index (χ3n) is 3.85. The zero-order valence-electron chi connectivity index (χ0n) is 13.4. The molecule has 5 nitrogen and oxygen atoms in total. The minimum absolute atomic E-state index is 0.00550. The van der Waals surface area contributed by atoms with Gasteiger partial charge in [-0.05, 0) is 36.8 Å². The van der Waals surface area contributed by atoms with E-state index in [4.69, 9.17) is 9.15 Å². The van der Waals surface area contributed by atoms with Gasteiger partial charge in [0.15, 0.2) is 0 Å². The molecule has 0 fully saturated rings.